The summed E-state index contributed by atoms with van der Waals surface area (Å²) in [5.41, 5.74) is 3.88. The highest BCUT2D eigenvalue weighted by molar-refractivity contribution is 5.99. The number of amides is 1. The molecule has 0 unspecified atom stereocenters. The molecule has 36 heavy (non-hydrogen) atoms. The normalized spacial score (nSPS) is 11.5. The molecule has 4 rings (SSSR count). The van der Waals surface area contributed by atoms with Crippen molar-refractivity contribution in [3.05, 3.63) is 84.1 Å². The van der Waals surface area contributed by atoms with Crippen LogP contribution in [0.15, 0.2) is 72.9 Å². The van der Waals surface area contributed by atoms with E-state index in [1.54, 1.807) is 23.1 Å². The molecule has 5 nitrogen and oxygen atoms in total. The Morgan fingerprint density at radius 1 is 0.917 bits per heavy atom. The van der Waals surface area contributed by atoms with Gasteiger partial charge in [0.2, 0.25) is 0 Å². The lowest BCUT2D eigenvalue weighted by molar-refractivity contribution is -0.274. The van der Waals surface area contributed by atoms with Crippen LogP contribution in [-0.4, -0.2) is 35.0 Å². The van der Waals surface area contributed by atoms with Crippen LogP contribution in [0.1, 0.15) is 25.0 Å². The van der Waals surface area contributed by atoms with Crippen molar-refractivity contribution in [2.45, 2.75) is 33.7 Å². The molecule has 0 fully saturated rings. The number of carbonyl (C=O) groups is 1. The number of benzene rings is 3. The van der Waals surface area contributed by atoms with E-state index in [4.69, 9.17) is 4.74 Å². The number of aromatic nitrogens is 1. The van der Waals surface area contributed by atoms with E-state index in [-0.39, 0.29) is 12.3 Å². The molecule has 0 N–H and O–H groups in total. The Balaban J connectivity index is 1.79. The summed E-state index contributed by atoms with van der Waals surface area (Å²) < 4.78 is 50.6. The van der Waals surface area contributed by atoms with Gasteiger partial charge in [0.15, 0.2) is 0 Å². The molecule has 1 aromatic heterocycles. The molecule has 0 aliphatic carbocycles. The van der Waals surface area contributed by atoms with Gasteiger partial charge in [-0.2, -0.15) is 0 Å². The maximum absolute atomic E-state index is 12.9. The molecule has 8 heteroatoms. The van der Waals surface area contributed by atoms with Crippen molar-refractivity contribution >= 4 is 17.0 Å². The van der Waals surface area contributed by atoms with Gasteiger partial charge in [-0.1, -0.05) is 48.0 Å². The standard InChI is InChI=1S/C28H27F3N2O3/c1-4-32(5-2)27(34)35-25-15-14-23-22(26(25)20-12-10-19(3)11-13-20)16-17-33(23)18-21-8-6-7-9-24(21)36-28(29,30)31/h6-17H,4-5,18H2,1-3H3. The van der Waals surface area contributed by atoms with E-state index in [2.05, 4.69) is 4.74 Å². The molecule has 0 spiro atoms. The number of fused-ring (bicyclic) bond motifs is 1. The number of hydrogen-bond acceptors (Lipinski definition) is 3. The molecule has 188 valence electrons. The van der Waals surface area contributed by atoms with E-state index in [9.17, 15) is 18.0 Å². The maximum atomic E-state index is 12.9. The number of para-hydroxylation sites is 1. The van der Waals surface area contributed by atoms with Gasteiger partial charge in [0.25, 0.3) is 0 Å². The van der Waals surface area contributed by atoms with Crippen LogP contribution in [0, 0.1) is 6.92 Å². The lowest BCUT2D eigenvalue weighted by Crippen LogP contribution is -2.33. The first-order valence-electron chi connectivity index (χ1n) is 11.7. The lowest BCUT2D eigenvalue weighted by atomic mass is 9.99. The SMILES string of the molecule is CCN(CC)C(=O)Oc1ccc2c(ccn2Cc2ccccc2OC(F)(F)F)c1-c1ccc(C)cc1. The average molecular weight is 497 g/mol. The number of alkyl halides is 3. The zero-order valence-electron chi connectivity index (χ0n) is 20.3. The summed E-state index contributed by atoms with van der Waals surface area (Å²) in [4.78, 5) is 14.3. The molecule has 0 bridgehead atoms. The average Bonchev–Trinajstić information content (AvgIpc) is 3.23. The van der Waals surface area contributed by atoms with Gasteiger partial charge in [0, 0.05) is 41.3 Å². The Labute approximate surface area is 207 Å². The van der Waals surface area contributed by atoms with Crippen molar-refractivity contribution in [2.24, 2.45) is 0 Å². The van der Waals surface area contributed by atoms with Crippen molar-refractivity contribution in [1.29, 1.82) is 0 Å². The van der Waals surface area contributed by atoms with E-state index in [1.807, 2.05) is 67.9 Å². The van der Waals surface area contributed by atoms with Gasteiger partial charge in [-0.3, -0.25) is 0 Å². The molecule has 0 saturated heterocycles. The highest BCUT2D eigenvalue weighted by atomic mass is 19.4. The number of carbonyl (C=O) groups excluding carboxylic acids is 1. The number of halogens is 3. The molecule has 1 amide bonds. The molecule has 4 aromatic rings. The van der Waals surface area contributed by atoms with Gasteiger partial charge < -0.3 is 18.9 Å². The fourth-order valence-corrected chi connectivity index (χ4v) is 4.18. The number of nitrogens with zero attached hydrogens (tertiary/aromatic N) is 2. The lowest BCUT2D eigenvalue weighted by Gasteiger charge is -2.20. The van der Waals surface area contributed by atoms with Crippen LogP contribution in [0.4, 0.5) is 18.0 Å². The number of ether oxygens (including phenoxy) is 2. The predicted molar refractivity (Wildman–Crippen MR) is 133 cm³/mol. The highest BCUT2D eigenvalue weighted by Gasteiger charge is 2.32. The van der Waals surface area contributed by atoms with E-state index in [1.165, 1.54) is 12.1 Å². The molecule has 0 aliphatic rings. The van der Waals surface area contributed by atoms with E-state index >= 15 is 0 Å². The van der Waals surface area contributed by atoms with Gasteiger partial charge in [-0.15, -0.1) is 13.2 Å². The van der Waals surface area contributed by atoms with Crippen LogP contribution in [0.2, 0.25) is 0 Å². The van der Waals surface area contributed by atoms with Crippen LogP contribution in [0.5, 0.6) is 11.5 Å². The van der Waals surface area contributed by atoms with Crippen LogP contribution in [0.25, 0.3) is 22.0 Å². The summed E-state index contributed by atoms with van der Waals surface area (Å²) in [6.07, 6.45) is -3.41. The Kier molecular flexibility index (Phi) is 7.24. The topological polar surface area (TPSA) is 43.7 Å². The third kappa shape index (κ3) is 5.48. The van der Waals surface area contributed by atoms with Crippen molar-refractivity contribution < 1.29 is 27.4 Å². The Bertz CT molecular complexity index is 1360. The number of hydrogen-bond donors (Lipinski definition) is 0. The summed E-state index contributed by atoms with van der Waals surface area (Å²) in [6.45, 7) is 6.97. The molecular formula is C28H27F3N2O3. The molecule has 0 saturated carbocycles. The van der Waals surface area contributed by atoms with Crippen LogP contribution >= 0.6 is 0 Å². The fraction of sp³-hybridized carbons (Fsp3) is 0.250. The predicted octanol–water partition coefficient (Wildman–Crippen LogP) is 7.40. The summed E-state index contributed by atoms with van der Waals surface area (Å²) in [5.74, 6) is 0.178. The zero-order chi connectivity index (χ0) is 25.9. The van der Waals surface area contributed by atoms with Crippen molar-refractivity contribution in [3.63, 3.8) is 0 Å². The van der Waals surface area contributed by atoms with Crippen molar-refractivity contribution in [2.75, 3.05) is 13.1 Å². The summed E-state index contributed by atoms with van der Waals surface area (Å²) >= 11 is 0. The first-order chi connectivity index (χ1) is 17.2. The minimum atomic E-state index is -4.78. The minimum absolute atomic E-state index is 0.168. The van der Waals surface area contributed by atoms with E-state index in [0.29, 0.717) is 24.4 Å². The third-order valence-corrected chi connectivity index (χ3v) is 6.01. The summed E-state index contributed by atoms with van der Waals surface area (Å²) in [6, 6.07) is 19.4. The highest BCUT2D eigenvalue weighted by Crippen LogP contribution is 2.39. The van der Waals surface area contributed by atoms with Crippen molar-refractivity contribution in [1.82, 2.24) is 9.47 Å². The maximum Gasteiger partial charge on any atom is 0.573 e. The minimum Gasteiger partial charge on any atom is -0.410 e. The monoisotopic (exact) mass is 496 g/mol. The fourth-order valence-electron chi connectivity index (χ4n) is 4.18. The second-order valence-electron chi connectivity index (χ2n) is 8.38. The molecule has 3 aromatic carbocycles. The molecule has 0 radical (unpaired) electrons. The van der Waals surface area contributed by atoms with Gasteiger partial charge in [-0.05, 0) is 50.6 Å². The van der Waals surface area contributed by atoms with Gasteiger partial charge in [0.1, 0.15) is 11.5 Å². The summed E-state index contributed by atoms with van der Waals surface area (Å²) in [5, 5.41) is 0.818. The second kappa shape index (κ2) is 10.4. The Hall–Kier alpha value is -3.94. The number of rotatable bonds is 7. The van der Waals surface area contributed by atoms with Crippen LogP contribution in [-0.2, 0) is 6.54 Å². The molecular weight excluding hydrogens is 469 g/mol. The van der Waals surface area contributed by atoms with Crippen molar-refractivity contribution in [3.8, 4) is 22.6 Å². The molecule has 0 atom stereocenters. The first-order valence-corrected chi connectivity index (χ1v) is 11.7. The second-order valence-corrected chi connectivity index (χ2v) is 8.38. The zero-order valence-corrected chi connectivity index (χ0v) is 20.3. The first kappa shape index (κ1) is 25.2. The third-order valence-electron chi connectivity index (χ3n) is 6.01. The summed E-state index contributed by atoms with van der Waals surface area (Å²) in [7, 11) is 0. The van der Waals surface area contributed by atoms with Gasteiger partial charge in [0.05, 0.1) is 6.54 Å². The van der Waals surface area contributed by atoms with Crippen LogP contribution in [0.3, 0.4) is 0 Å². The van der Waals surface area contributed by atoms with Gasteiger partial charge in [-0.25, -0.2) is 4.79 Å². The van der Waals surface area contributed by atoms with Crippen LogP contribution < -0.4 is 9.47 Å². The quantitative estimate of drug-likeness (QED) is 0.268. The van der Waals surface area contributed by atoms with Gasteiger partial charge >= 0.3 is 12.5 Å². The Morgan fingerprint density at radius 2 is 1.61 bits per heavy atom. The Morgan fingerprint density at radius 3 is 2.28 bits per heavy atom. The molecule has 1 heterocycles. The smallest absolute Gasteiger partial charge is 0.410 e. The van der Waals surface area contributed by atoms with E-state index < -0.39 is 12.5 Å². The largest absolute Gasteiger partial charge is 0.573 e. The molecule has 0 aliphatic heterocycles. The van der Waals surface area contributed by atoms with E-state index in [0.717, 1.165) is 27.6 Å². The number of aryl methyl sites for hydroxylation is 1.